The minimum atomic E-state index is -0.623. The molecule has 148 valence electrons. The Morgan fingerprint density at radius 2 is 1.96 bits per heavy atom. The van der Waals surface area contributed by atoms with Crippen LogP contribution >= 0.6 is 15.9 Å². The van der Waals surface area contributed by atoms with E-state index in [9.17, 15) is 14.4 Å². The Morgan fingerprint density at radius 1 is 1.30 bits per heavy atom. The average molecular weight is 440 g/mol. The zero-order valence-corrected chi connectivity index (χ0v) is 17.7. The number of nitrogens with zero attached hydrogens (tertiary/aromatic N) is 2. The zero-order valence-electron chi connectivity index (χ0n) is 16.1. The third-order valence-electron chi connectivity index (χ3n) is 4.07. The molecular weight excluding hydrogens is 414 g/mol. The molecule has 0 aromatic heterocycles. The highest BCUT2D eigenvalue weighted by Crippen LogP contribution is 2.23. The highest BCUT2D eigenvalue weighted by Gasteiger charge is 2.38. The topological polar surface area (TPSA) is 79.0 Å². The van der Waals surface area contributed by atoms with Crippen LogP contribution < -0.4 is 5.32 Å². The molecule has 0 radical (unpaired) electrons. The molecule has 0 unspecified atom stereocenters. The van der Waals surface area contributed by atoms with Gasteiger partial charge < -0.3 is 15.0 Å². The van der Waals surface area contributed by atoms with Crippen molar-refractivity contribution in [2.45, 2.75) is 45.3 Å². The van der Waals surface area contributed by atoms with Gasteiger partial charge in [0.1, 0.15) is 11.6 Å². The number of carbonyl (C=O) groups excluding carboxylic acids is 3. The first kappa shape index (κ1) is 21.2. The summed E-state index contributed by atoms with van der Waals surface area (Å²) in [6.07, 6.45) is 0.797. The van der Waals surface area contributed by atoms with Crippen LogP contribution in [0.25, 0.3) is 0 Å². The number of nitrogens with one attached hydrogen (secondary N) is 1. The lowest BCUT2D eigenvalue weighted by Gasteiger charge is -2.30. The Kier molecular flexibility index (Phi) is 6.86. The number of amides is 3. The number of benzene rings is 1. The van der Waals surface area contributed by atoms with Crippen molar-refractivity contribution in [3.63, 3.8) is 0 Å². The molecule has 7 nitrogen and oxygen atoms in total. The number of para-hydroxylation sites is 1. The molecule has 1 saturated heterocycles. The zero-order chi connectivity index (χ0) is 20.2. The predicted octanol–water partition coefficient (Wildman–Crippen LogP) is 3.25. The van der Waals surface area contributed by atoms with Crippen molar-refractivity contribution in [3.05, 3.63) is 28.7 Å². The lowest BCUT2D eigenvalue weighted by molar-refractivity contribution is -0.137. The van der Waals surface area contributed by atoms with Crippen LogP contribution in [0.15, 0.2) is 28.7 Å². The molecule has 1 aromatic carbocycles. The molecule has 1 atom stereocenters. The largest absolute Gasteiger partial charge is 0.444 e. The highest BCUT2D eigenvalue weighted by atomic mass is 79.9. The lowest BCUT2D eigenvalue weighted by Crippen LogP contribution is -2.49. The maximum Gasteiger partial charge on any atom is 0.410 e. The number of hydrogen-bond acceptors (Lipinski definition) is 4. The second kappa shape index (κ2) is 8.73. The fraction of sp³-hybridized carbons (Fsp3) is 0.526. The van der Waals surface area contributed by atoms with Crippen molar-refractivity contribution in [2.75, 3.05) is 25.5 Å². The van der Waals surface area contributed by atoms with E-state index in [1.165, 1.54) is 9.80 Å². The first-order valence-electron chi connectivity index (χ1n) is 8.87. The van der Waals surface area contributed by atoms with Crippen LogP contribution in [0, 0.1) is 0 Å². The highest BCUT2D eigenvalue weighted by molar-refractivity contribution is 9.10. The SMILES string of the molecule is CN(CC(=O)Nc1ccccc1Br)C(=O)[C@@H]1CCCN1C(=O)OC(C)(C)C. The number of hydrogen-bond donors (Lipinski definition) is 1. The number of likely N-dealkylation sites (N-methyl/N-ethyl adjacent to an activating group) is 1. The van der Waals surface area contributed by atoms with E-state index in [0.717, 1.165) is 10.9 Å². The molecule has 0 bridgehead atoms. The molecule has 1 N–H and O–H groups in total. The second-order valence-corrected chi connectivity index (χ2v) is 8.41. The number of anilines is 1. The van der Waals surface area contributed by atoms with E-state index in [4.69, 9.17) is 4.74 Å². The summed E-state index contributed by atoms with van der Waals surface area (Å²) in [6.45, 7) is 5.74. The van der Waals surface area contributed by atoms with Gasteiger partial charge in [-0.3, -0.25) is 14.5 Å². The third kappa shape index (κ3) is 5.95. The van der Waals surface area contributed by atoms with Crippen LogP contribution in [0.5, 0.6) is 0 Å². The van der Waals surface area contributed by atoms with Gasteiger partial charge in [0.15, 0.2) is 0 Å². The van der Waals surface area contributed by atoms with Crippen molar-refractivity contribution in [3.8, 4) is 0 Å². The molecule has 0 spiro atoms. The Bertz CT molecular complexity index is 717. The van der Waals surface area contributed by atoms with Crippen LogP contribution in [-0.2, 0) is 14.3 Å². The van der Waals surface area contributed by atoms with Crippen molar-refractivity contribution >= 4 is 39.5 Å². The van der Waals surface area contributed by atoms with E-state index in [1.54, 1.807) is 33.9 Å². The summed E-state index contributed by atoms with van der Waals surface area (Å²) < 4.78 is 6.15. The maximum atomic E-state index is 12.8. The summed E-state index contributed by atoms with van der Waals surface area (Å²) in [7, 11) is 1.56. The molecule has 8 heteroatoms. The predicted molar refractivity (Wildman–Crippen MR) is 106 cm³/mol. The van der Waals surface area contributed by atoms with Gasteiger partial charge in [0.2, 0.25) is 11.8 Å². The van der Waals surface area contributed by atoms with Gasteiger partial charge in [-0.1, -0.05) is 12.1 Å². The molecule has 3 amide bonds. The number of carbonyl (C=O) groups is 3. The van der Waals surface area contributed by atoms with Gasteiger partial charge in [0.25, 0.3) is 0 Å². The maximum absolute atomic E-state index is 12.8. The Morgan fingerprint density at radius 3 is 2.59 bits per heavy atom. The second-order valence-electron chi connectivity index (χ2n) is 7.55. The van der Waals surface area contributed by atoms with Crippen molar-refractivity contribution in [1.29, 1.82) is 0 Å². The standard InChI is InChI=1S/C19H26BrN3O4/c1-19(2,3)27-18(26)23-11-7-10-15(23)17(25)22(4)12-16(24)21-14-9-6-5-8-13(14)20/h5-6,8-9,15H,7,10-12H2,1-4H3,(H,21,24)/t15-/m0/s1. The third-order valence-corrected chi connectivity index (χ3v) is 4.76. The number of ether oxygens (including phenoxy) is 1. The van der Waals surface area contributed by atoms with Crippen LogP contribution in [0.4, 0.5) is 10.5 Å². The minimum Gasteiger partial charge on any atom is -0.444 e. The van der Waals surface area contributed by atoms with E-state index >= 15 is 0 Å². The quantitative estimate of drug-likeness (QED) is 0.780. The summed E-state index contributed by atoms with van der Waals surface area (Å²) in [5.74, 6) is -0.569. The molecule has 1 fully saturated rings. The summed E-state index contributed by atoms with van der Waals surface area (Å²) in [5, 5.41) is 2.77. The van der Waals surface area contributed by atoms with Crippen LogP contribution in [0.2, 0.25) is 0 Å². The van der Waals surface area contributed by atoms with Gasteiger partial charge in [-0.25, -0.2) is 4.79 Å². The molecule has 27 heavy (non-hydrogen) atoms. The molecule has 0 saturated carbocycles. The van der Waals surface area contributed by atoms with Gasteiger partial charge in [0.05, 0.1) is 12.2 Å². The molecule has 1 aliphatic heterocycles. The Labute approximate surface area is 168 Å². The average Bonchev–Trinajstić information content (AvgIpc) is 3.04. The summed E-state index contributed by atoms with van der Waals surface area (Å²) in [4.78, 5) is 40.2. The van der Waals surface area contributed by atoms with Crippen LogP contribution in [0.1, 0.15) is 33.6 Å². The summed E-state index contributed by atoms with van der Waals surface area (Å²) in [6, 6.07) is 6.65. The lowest BCUT2D eigenvalue weighted by atomic mass is 10.2. The minimum absolute atomic E-state index is 0.0984. The van der Waals surface area contributed by atoms with E-state index in [2.05, 4.69) is 21.2 Å². The van der Waals surface area contributed by atoms with E-state index in [1.807, 2.05) is 18.2 Å². The van der Waals surface area contributed by atoms with E-state index in [-0.39, 0.29) is 18.4 Å². The van der Waals surface area contributed by atoms with Gasteiger partial charge in [-0.2, -0.15) is 0 Å². The van der Waals surface area contributed by atoms with Gasteiger partial charge in [-0.05, 0) is 61.7 Å². The van der Waals surface area contributed by atoms with Gasteiger partial charge in [0, 0.05) is 18.1 Å². The Balaban J connectivity index is 1.96. The number of likely N-dealkylation sites (tertiary alicyclic amines) is 1. The molecule has 1 aromatic rings. The van der Waals surface area contributed by atoms with Gasteiger partial charge >= 0.3 is 6.09 Å². The van der Waals surface area contributed by atoms with Crippen LogP contribution in [-0.4, -0.2) is 59.5 Å². The van der Waals surface area contributed by atoms with Crippen molar-refractivity contribution in [1.82, 2.24) is 9.80 Å². The van der Waals surface area contributed by atoms with E-state index < -0.39 is 17.7 Å². The van der Waals surface area contributed by atoms with Crippen molar-refractivity contribution in [2.24, 2.45) is 0 Å². The molecule has 1 aliphatic rings. The number of halogens is 1. The van der Waals surface area contributed by atoms with E-state index in [0.29, 0.717) is 18.7 Å². The fourth-order valence-corrected chi connectivity index (χ4v) is 3.25. The van der Waals surface area contributed by atoms with Gasteiger partial charge in [-0.15, -0.1) is 0 Å². The molecule has 2 rings (SSSR count). The first-order valence-corrected chi connectivity index (χ1v) is 9.67. The normalized spacial score (nSPS) is 16.8. The molecule has 1 heterocycles. The van der Waals surface area contributed by atoms with Crippen molar-refractivity contribution < 1.29 is 19.1 Å². The van der Waals surface area contributed by atoms with Crippen LogP contribution in [0.3, 0.4) is 0 Å². The fourth-order valence-electron chi connectivity index (χ4n) is 2.86. The molecular formula is C19H26BrN3O4. The summed E-state index contributed by atoms with van der Waals surface area (Å²) >= 11 is 3.37. The smallest absolute Gasteiger partial charge is 0.410 e. The molecule has 0 aliphatic carbocycles. The first-order chi connectivity index (χ1) is 12.6. The Hall–Kier alpha value is -2.09. The monoisotopic (exact) mass is 439 g/mol. The number of rotatable bonds is 4. The summed E-state index contributed by atoms with van der Waals surface area (Å²) in [5.41, 5.74) is 0.0156.